The quantitative estimate of drug-likeness (QED) is 0.686. The van der Waals surface area contributed by atoms with Crippen molar-refractivity contribution in [2.45, 2.75) is 18.9 Å². The summed E-state index contributed by atoms with van der Waals surface area (Å²) in [5, 5.41) is 12.3. The lowest BCUT2D eigenvalue weighted by atomic mass is 10.0. The van der Waals surface area contributed by atoms with E-state index in [1.54, 1.807) is 0 Å². The third-order valence-electron chi connectivity index (χ3n) is 5.38. The molecule has 1 N–H and O–H groups in total. The largest absolute Gasteiger partial charge is 0.371 e. The molecular weight excluding hydrogens is 398 g/mol. The van der Waals surface area contributed by atoms with Gasteiger partial charge in [0.05, 0.1) is 5.56 Å². The van der Waals surface area contributed by atoms with Crippen LogP contribution in [0.1, 0.15) is 28.9 Å². The first kappa shape index (κ1) is 20.5. The van der Waals surface area contributed by atoms with Crippen molar-refractivity contribution in [2.24, 2.45) is 0 Å². The second-order valence-corrected chi connectivity index (χ2v) is 7.46. The van der Waals surface area contributed by atoms with E-state index in [9.17, 15) is 18.8 Å². The number of nitrogens with one attached hydrogen (secondary N) is 1. The van der Waals surface area contributed by atoms with Crippen LogP contribution in [0.15, 0.2) is 60.8 Å². The summed E-state index contributed by atoms with van der Waals surface area (Å²) in [6.07, 6.45) is 2.91. The SMILES string of the molecule is N#Cc1ncc(C(=O)NC2CCN(c3ccccc3)CC2)cc1-c1cc(F)cc(F)c1. The molecule has 1 aromatic heterocycles. The molecule has 1 aliphatic rings. The third-order valence-corrected chi connectivity index (χ3v) is 5.38. The Bertz CT molecular complexity index is 1120. The predicted octanol–water partition coefficient (Wildman–Crippen LogP) is 4.30. The van der Waals surface area contributed by atoms with Crippen molar-refractivity contribution in [3.8, 4) is 17.2 Å². The average molecular weight is 418 g/mol. The number of hydrogen-bond donors (Lipinski definition) is 1. The number of rotatable bonds is 4. The minimum atomic E-state index is -0.765. The lowest BCUT2D eigenvalue weighted by Crippen LogP contribution is -2.44. The number of aromatic nitrogens is 1. The molecule has 31 heavy (non-hydrogen) atoms. The Morgan fingerprint density at radius 1 is 1.06 bits per heavy atom. The Morgan fingerprint density at radius 3 is 2.39 bits per heavy atom. The highest BCUT2D eigenvalue weighted by Crippen LogP contribution is 2.26. The first-order chi connectivity index (χ1) is 15.0. The Hall–Kier alpha value is -3.79. The highest BCUT2D eigenvalue weighted by Gasteiger charge is 2.22. The summed E-state index contributed by atoms with van der Waals surface area (Å²) in [6, 6.07) is 16.5. The monoisotopic (exact) mass is 418 g/mol. The van der Waals surface area contributed by atoms with Crippen LogP contribution < -0.4 is 10.2 Å². The number of hydrogen-bond acceptors (Lipinski definition) is 4. The summed E-state index contributed by atoms with van der Waals surface area (Å²) in [7, 11) is 0. The van der Waals surface area contributed by atoms with Crippen molar-refractivity contribution in [1.29, 1.82) is 5.26 Å². The van der Waals surface area contributed by atoms with Gasteiger partial charge < -0.3 is 10.2 Å². The first-order valence-electron chi connectivity index (χ1n) is 10.0. The fourth-order valence-electron chi connectivity index (χ4n) is 3.80. The predicted molar refractivity (Wildman–Crippen MR) is 113 cm³/mol. The van der Waals surface area contributed by atoms with E-state index in [0.717, 1.165) is 49.8 Å². The summed E-state index contributed by atoms with van der Waals surface area (Å²) in [4.78, 5) is 19.1. The smallest absolute Gasteiger partial charge is 0.253 e. The van der Waals surface area contributed by atoms with Crippen LogP contribution in [0.2, 0.25) is 0 Å². The number of anilines is 1. The maximum absolute atomic E-state index is 13.6. The van der Waals surface area contributed by atoms with Gasteiger partial charge in [-0.15, -0.1) is 0 Å². The Kier molecular flexibility index (Phi) is 5.89. The number of halogens is 2. The van der Waals surface area contributed by atoms with E-state index < -0.39 is 11.6 Å². The second kappa shape index (κ2) is 8.92. The van der Waals surface area contributed by atoms with Gasteiger partial charge in [0.25, 0.3) is 5.91 Å². The Morgan fingerprint density at radius 2 is 1.74 bits per heavy atom. The number of para-hydroxylation sites is 1. The lowest BCUT2D eigenvalue weighted by Gasteiger charge is -2.34. The molecular formula is C24H20F2N4O. The van der Waals surface area contributed by atoms with Crippen LogP contribution in [0.4, 0.5) is 14.5 Å². The van der Waals surface area contributed by atoms with Gasteiger partial charge >= 0.3 is 0 Å². The molecule has 0 bridgehead atoms. The van der Waals surface area contributed by atoms with Gasteiger partial charge in [-0.2, -0.15) is 5.26 Å². The van der Waals surface area contributed by atoms with Gasteiger partial charge in [0, 0.05) is 42.6 Å². The highest BCUT2D eigenvalue weighted by atomic mass is 19.1. The number of carbonyl (C=O) groups excluding carboxylic acids is 1. The molecule has 1 amide bonds. The van der Waals surface area contributed by atoms with Crippen LogP contribution in [0.25, 0.3) is 11.1 Å². The number of pyridine rings is 1. The molecule has 1 fully saturated rings. The summed E-state index contributed by atoms with van der Waals surface area (Å²) < 4.78 is 27.3. The fourth-order valence-corrected chi connectivity index (χ4v) is 3.80. The van der Waals surface area contributed by atoms with Crippen LogP contribution in [-0.4, -0.2) is 30.0 Å². The van der Waals surface area contributed by atoms with Crippen LogP contribution in [-0.2, 0) is 0 Å². The fraction of sp³-hybridized carbons (Fsp3) is 0.208. The standard InChI is InChI=1S/C24H20F2N4O/c25-18-10-16(11-19(26)13-18)22-12-17(15-28-23(22)14-27)24(31)29-20-6-8-30(9-7-20)21-4-2-1-3-5-21/h1-5,10-13,15,20H,6-9H2,(H,29,31). The van der Waals surface area contributed by atoms with Crippen LogP contribution in [0.5, 0.6) is 0 Å². The van der Waals surface area contributed by atoms with Crippen LogP contribution >= 0.6 is 0 Å². The number of nitrogens with zero attached hydrogens (tertiary/aromatic N) is 3. The molecule has 1 aliphatic heterocycles. The molecule has 7 heteroatoms. The molecule has 0 atom stereocenters. The van der Waals surface area contributed by atoms with E-state index in [2.05, 4.69) is 27.3 Å². The van der Waals surface area contributed by atoms with Crippen LogP contribution in [0, 0.1) is 23.0 Å². The zero-order valence-corrected chi connectivity index (χ0v) is 16.7. The van der Waals surface area contributed by atoms with E-state index in [1.807, 2.05) is 24.3 Å². The van der Waals surface area contributed by atoms with E-state index in [0.29, 0.717) is 0 Å². The van der Waals surface area contributed by atoms with Crippen molar-refractivity contribution in [3.63, 3.8) is 0 Å². The zero-order chi connectivity index (χ0) is 21.8. The van der Waals surface area contributed by atoms with Crippen molar-refractivity contribution in [2.75, 3.05) is 18.0 Å². The van der Waals surface area contributed by atoms with Crippen molar-refractivity contribution < 1.29 is 13.6 Å². The molecule has 4 rings (SSSR count). The summed E-state index contributed by atoms with van der Waals surface area (Å²) >= 11 is 0. The summed E-state index contributed by atoms with van der Waals surface area (Å²) in [6.45, 7) is 1.66. The average Bonchev–Trinajstić information content (AvgIpc) is 2.79. The maximum Gasteiger partial charge on any atom is 0.253 e. The molecule has 2 aromatic carbocycles. The van der Waals surface area contributed by atoms with Gasteiger partial charge in [-0.3, -0.25) is 4.79 Å². The molecule has 156 valence electrons. The molecule has 5 nitrogen and oxygen atoms in total. The van der Waals surface area contributed by atoms with Crippen molar-refractivity contribution in [1.82, 2.24) is 10.3 Å². The lowest BCUT2D eigenvalue weighted by molar-refractivity contribution is 0.0931. The molecule has 0 saturated carbocycles. The van der Waals surface area contributed by atoms with Gasteiger partial charge in [0.2, 0.25) is 0 Å². The summed E-state index contributed by atoms with van der Waals surface area (Å²) in [5.74, 6) is -1.86. The number of piperidine rings is 1. The summed E-state index contributed by atoms with van der Waals surface area (Å²) in [5.41, 5.74) is 1.78. The Labute approximate surface area is 179 Å². The number of benzene rings is 2. The molecule has 0 aliphatic carbocycles. The van der Waals surface area contributed by atoms with Crippen LogP contribution in [0.3, 0.4) is 0 Å². The molecule has 2 heterocycles. The van der Waals surface area contributed by atoms with Gasteiger partial charge in [-0.05, 0) is 48.7 Å². The normalized spacial score (nSPS) is 14.2. The minimum absolute atomic E-state index is 0.00211. The number of carbonyl (C=O) groups is 1. The maximum atomic E-state index is 13.6. The second-order valence-electron chi connectivity index (χ2n) is 7.46. The zero-order valence-electron chi connectivity index (χ0n) is 16.7. The molecule has 1 saturated heterocycles. The number of amides is 1. The third kappa shape index (κ3) is 4.69. The Balaban J connectivity index is 1.47. The minimum Gasteiger partial charge on any atom is -0.371 e. The van der Waals surface area contributed by atoms with E-state index in [1.165, 1.54) is 12.3 Å². The van der Waals surface area contributed by atoms with Crippen molar-refractivity contribution >= 4 is 11.6 Å². The van der Waals surface area contributed by atoms with E-state index in [4.69, 9.17) is 0 Å². The molecule has 0 radical (unpaired) electrons. The first-order valence-corrected chi connectivity index (χ1v) is 10.0. The van der Waals surface area contributed by atoms with Gasteiger partial charge in [0.15, 0.2) is 0 Å². The van der Waals surface area contributed by atoms with Crippen molar-refractivity contribution in [3.05, 3.63) is 83.7 Å². The molecule has 0 spiro atoms. The highest BCUT2D eigenvalue weighted by molar-refractivity contribution is 5.95. The number of nitriles is 1. The van der Waals surface area contributed by atoms with Gasteiger partial charge in [-0.1, -0.05) is 18.2 Å². The van der Waals surface area contributed by atoms with E-state index in [-0.39, 0.29) is 34.3 Å². The molecule has 0 unspecified atom stereocenters. The van der Waals surface area contributed by atoms with Gasteiger partial charge in [0.1, 0.15) is 23.4 Å². The molecule has 3 aromatic rings. The van der Waals surface area contributed by atoms with E-state index >= 15 is 0 Å². The topological polar surface area (TPSA) is 69.0 Å². The van der Waals surface area contributed by atoms with Gasteiger partial charge in [-0.25, -0.2) is 13.8 Å².